The summed E-state index contributed by atoms with van der Waals surface area (Å²) < 4.78 is 108. The van der Waals surface area contributed by atoms with Crippen LogP contribution >= 0.6 is 0 Å². The minimum Gasteiger partial charge on any atom is -0.359 e. The van der Waals surface area contributed by atoms with Gasteiger partial charge in [-0.15, -0.1) is 6.58 Å². The molecular weight excluding hydrogens is 404 g/mol. The Morgan fingerprint density at radius 2 is 1.44 bits per heavy atom. The Kier molecular flexibility index (Phi) is 7.36. The number of alkyl halides is 6. The van der Waals surface area contributed by atoms with E-state index < -0.39 is 35.2 Å². The van der Waals surface area contributed by atoms with Crippen LogP contribution in [0.15, 0.2) is 25.1 Å². The third-order valence-electron chi connectivity index (χ3n) is 2.73. The highest BCUT2D eigenvalue weighted by Crippen LogP contribution is 2.27. The molecule has 0 aromatic rings. The second-order valence-corrected chi connectivity index (χ2v) is 8.17. The molecule has 1 rings (SSSR count). The molecule has 25 heavy (non-hydrogen) atoms. The quantitative estimate of drug-likeness (QED) is 0.549. The van der Waals surface area contributed by atoms with E-state index in [9.17, 15) is 43.2 Å². The Bertz CT molecular complexity index is 657. The van der Waals surface area contributed by atoms with Gasteiger partial charge in [0, 0.05) is 26.0 Å². The van der Waals surface area contributed by atoms with Crippen molar-refractivity contribution in [3.8, 4) is 0 Å². The highest BCUT2D eigenvalue weighted by molar-refractivity contribution is 8.05. The number of nitrogens with zero attached hydrogens (tertiary/aromatic N) is 2. The van der Waals surface area contributed by atoms with Crippen LogP contribution in [0.3, 0.4) is 0 Å². The zero-order valence-corrected chi connectivity index (χ0v) is 14.5. The molecule has 1 atom stereocenters. The van der Waals surface area contributed by atoms with Crippen LogP contribution in [-0.2, 0) is 20.0 Å². The van der Waals surface area contributed by atoms with Crippen LogP contribution < -0.4 is 4.13 Å². The average Bonchev–Trinajstić information content (AvgIpc) is 2.68. The van der Waals surface area contributed by atoms with Crippen LogP contribution in [0.25, 0.3) is 0 Å². The van der Waals surface area contributed by atoms with Crippen LogP contribution in [0.1, 0.15) is 6.92 Å². The third kappa shape index (κ3) is 6.39. The van der Waals surface area contributed by atoms with Gasteiger partial charge in [-0.1, -0.05) is 10.2 Å². The number of sulfonamides is 2. The first-order valence-corrected chi connectivity index (χ1v) is 9.11. The van der Waals surface area contributed by atoms with Gasteiger partial charge in [-0.3, -0.25) is 0 Å². The molecule has 0 aliphatic carbocycles. The van der Waals surface area contributed by atoms with Crippen LogP contribution in [0, 0.1) is 0 Å². The average molecular weight is 419 g/mol. The smallest absolute Gasteiger partial charge is 0.359 e. The fourth-order valence-electron chi connectivity index (χ4n) is 1.28. The second-order valence-electron chi connectivity index (χ2n) is 4.56. The van der Waals surface area contributed by atoms with Crippen molar-refractivity contribution in [2.75, 3.05) is 13.6 Å². The minimum absolute atomic E-state index is 0.484. The summed E-state index contributed by atoms with van der Waals surface area (Å²) in [5, 5.41) is 0. The van der Waals surface area contributed by atoms with Gasteiger partial charge in [0.2, 0.25) is 0 Å². The van der Waals surface area contributed by atoms with E-state index in [0.29, 0.717) is 6.17 Å². The molecule has 0 bridgehead atoms. The molecule has 0 aromatic carbocycles. The van der Waals surface area contributed by atoms with Crippen LogP contribution in [-0.4, -0.2) is 57.4 Å². The van der Waals surface area contributed by atoms with E-state index in [1.165, 1.54) is 0 Å². The summed E-state index contributed by atoms with van der Waals surface area (Å²) in [5.41, 5.74) is -12.3. The lowest BCUT2D eigenvalue weighted by molar-refractivity contribution is -0.0476. The Morgan fingerprint density at radius 3 is 1.68 bits per heavy atom. The van der Waals surface area contributed by atoms with E-state index in [2.05, 4.69) is 42.8 Å². The molecule has 15 heteroatoms. The van der Waals surface area contributed by atoms with E-state index in [1.807, 2.05) is 6.08 Å². The van der Waals surface area contributed by atoms with Crippen LogP contribution in [0.2, 0.25) is 0 Å². The summed E-state index contributed by atoms with van der Waals surface area (Å²) in [4.78, 5) is 4.40. The Morgan fingerprint density at radius 1 is 1.04 bits per heavy atom. The summed E-state index contributed by atoms with van der Waals surface area (Å²) in [5.74, 6) is 0. The lowest BCUT2D eigenvalue weighted by atomic mass is 10.4. The molecular formula is C10H15F6N3O4S2. The molecule has 1 aliphatic rings. The first-order valence-electron chi connectivity index (χ1n) is 6.14. The SMILES string of the molecule is C=CCN1C=CN(C)C1C.O=S(=O)(NS(=O)(=O)C(F)(F)F)C(F)(F)F. The fraction of sp³-hybridized carbons (Fsp3) is 0.600. The molecule has 0 aromatic heterocycles. The van der Waals surface area contributed by atoms with Gasteiger partial charge in [0.1, 0.15) is 0 Å². The van der Waals surface area contributed by atoms with Crippen molar-refractivity contribution in [3.63, 3.8) is 0 Å². The normalized spacial score (nSPS) is 18.8. The zero-order valence-electron chi connectivity index (χ0n) is 12.8. The number of nitrogens with one attached hydrogen (secondary N) is 1. The second kappa shape index (κ2) is 7.82. The predicted octanol–water partition coefficient (Wildman–Crippen LogP) is 1.51. The van der Waals surface area contributed by atoms with E-state index in [1.54, 1.807) is 0 Å². The lowest BCUT2D eigenvalue weighted by Gasteiger charge is -2.25. The molecule has 0 saturated carbocycles. The van der Waals surface area contributed by atoms with E-state index in [4.69, 9.17) is 0 Å². The Labute approximate surface area is 140 Å². The highest BCUT2D eigenvalue weighted by Gasteiger charge is 2.55. The van der Waals surface area contributed by atoms with Crippen molar-refractivity contribution in [1.29, 1.82) is 0 Å². The predicted molar refractivity (Wildman–Crippen MR) is 76.4 cm³/mol. The lowest BCUT2D eigenvalue weighted by Crippen LogP contribution is -2.45. The number of rotatable bonds is 4. The monoisotopic (exact) mass is 419 g/mol. The summed E-state index contributed by atoms with van der Waals surface area (Å²) in [6, 6.07) is 0. The Balaban J connectivity index is 0.000000496. The number of hydrogen-bond acceptors (Lipinski definition) is 6. The van der Waals surface area contributed by atoms with Gasteiger partial charge in [-0.2, -0.15) is 26.3 Å². The van der Waals surface area contributed by atoms with Gasteiger partial charge in [0.05, 0.1) is 6.17 Å². The zero-order chi connectivity index (χ0) is 20.3. The van der Waals surface area contributed by atoms with Crippen molar-refractivity contribution in [2.45, 2.75) is 24.1 Å². The molecule has 1 N–H and O–H groups in total. The maximum absolute atomic E-state index is 11.5. The van der Waals surface area contributed by atoms with Gasteiger partial charge in [0.25, 0.3) is 0 Å². The van der Waals surface area contributed by atoms with Crippen LogP contribution in [0.4, 0.5) is 26.3 Å². The summed E-state index contributed by atoms with van der Waals surface area (Å²) in [6.07, 6.45) is 6.57. The minimum atomic E-state index is -6.60. The molecule has 1 heterocycles. The van der Waals surface area contributed by atoms with E-state index >= 15 is 0 Å². The van der Waals surface area contributed by atoms with Gasteiger partial charge < -0.3 is 9.80 Å². The Hall–Kier alpha value is -1.48. The molecule has 0 radical (unpaired) electrons. The first-order chi connectivity index (χ1) is 11.0. The molecule has 1 unspecified atom stereocenters. The highest BCUT2D eigenvalue weighted by atomic mass is 32.3. The summed E-state index contributed by atoms with van der Waals surface area (Å²) >= 11 is 0. The molecule has 148 valence electrons. The van der Waals surface area contributed by atoms with Crippen molar-refractivity contribution in [1.82, 2.24) is 13.9 Å². The number of halogens is 6. The standard InChI is InChI=1S/C8H14N2.C2HF6NO4S2/c1-4-5-10-7-6-9(3)8(10)2;3-1(4,5)14(10,11)9-15(12,13)2(6,7)8/h4,6-8H,1,5H2,2-3H3;9H. The number of hydrogen-bond donors (Lipinski definition) is 1. The molecule has 1 aliphatic heterocycles. The third-order valence-corrected chi connectivity index (χ3v) is 5.71. The van der Waals surface area contributed by atoms with Crippen molar-refractivity contribution < 1.29 is 43.2 Å². The molecule has 7 nitrogen and oxygen atoms in total. The van der Waals surface area contributed by atoms with Crippen LogP contribution in [0.5, 0.6) is 0 Å². The van der Waals surface area contributed by atoms with Gasteiger partial charge in [-0.25, -0.2) is 16.8 Å². The van der Waals surface area contributed by atoms with E-state index in [0.717, 1.165) is 6.54 Å². The molecule has 0 amide bonds. The maximum atomic E-state index is 11.5. The fourth-order valence-corrected chi connectivity index (χ4v) is 3.19. The summed E-state index contributed by atoms with van der Waals surface area (Å²) in [6.45, 7) is 6.79. The summed E-state index contributed by atoms with van der Waals surface area (Å²) in [7, 11) is -11.1. The molecule has 0 spiro atoms. The van der Waals surface area contributed by atoms with E-state index in [-0.39, 0.29) is 0 Å². The topological polar surface area (TPSA) is 86.8 Å². The first kappa shape index (κ1) is 23.5. The van der Waals surface area contributed by atoms with Crippen molar-refractivity contribution in [3.05, 3.63) is 25.1 Å². The van der Waals surface area contributed by atoms with Crippen molar-refractivity contribution >= 4 is 20.0 Å². The van der Waals surface area contributed by atoms with Gasteiger partial charge in [-0.05, 0) is 6.92 Å². The van der Waals surface area contributed by atoms with Crippen molar-refractivity contribution in [2.24, 2.45) is 0 Å². The van der Waals surface area contributed by atoms with Gasteiger partial charge in [0.15, 0.2) is 0 Å². The molecule has 0 fully saturated rings. The maximum Gasteiger partial charge on any atom is 0.512 e. The van der Waals surface area contributed by atoms with Gasteiger partial charge >= 0.3 is 31.1 Å². The largest absolute Gasteiger partial charge is 0.512 e. The molecule has 0 saturated heterocycles.